The molecule has 1 aromatic carbocycles. The minimum Gasteiger partial charge on any atom is -0.369 e. The summed E-state index contributed by atoms with van der Waals surface area (Å²) in [7, 11) is -4.52. The van der Waals surface area contributed by atoms with E-state index in [-0.39, 0.29) is 10.6 Å². The molecule has 0 bridgehead atoms. The van der Waals surface area contributed by atoms with Gasteiger partial charge in [0.1, 0.15) is 16.1 Å². The molecule has 1 heterocycles. The Balaban J connectivity index is 2.50. The summed E-state index contributed by atoms with van der Waals surface area (Å²) in [6.45, 7) is 0.810. The Labute approximate surface area is 157 Å². The van der Waals surface area contributed by atoms with Gasteiger partial charge in [-0.3, -0.25) is 4.79 Å². The van der Waals surface area contributed by atoms with Gasteiger partial charge in [-0.25, -0.2) is 12.8 Å². The molecule has 27 heavy (non-hydrogen) atoms. The maximum atomic E-state index is 13.7. The zero-order valence-electron chi connectivity index (χ0n) is 14.0. The number of nitrogens with two attached hydrogens (primary N) is 1. The summed E-state index contributed by atoms with van der Waals surface area (Å²) in [4.78, 5) is 11.3. The minimum atomic E-state index is -4.92. The highest BCUT2D eigenvalue weighted by Gasteiger charge is 2.49. The lowest BCUT2D eigenvalue weighted by atomic mass is 10.1. The summed E-state index contributed by atoms with van der Waals surface area (Å²) in [5.41, 5.74) is 4.65. The molecule has 2 rings (SSSR count). The van der Waals surface area contributed by atoms with E-state index in [1.54, 1.807) is 0 Å². The van der Waals surface area contributed by atoms with E-state index in [0.717, 1.165) is 30.3 Å². The number of carbonyl (C=O) groups is 1. The van der Waals surface area contributed by atoms with E-state index < -0.39 is 46.1 Å². The first-order chi connectivity index (χ1) is 12.5. The number of sulfonamides is 1. The number of nitrogens with zero attached hydrogens (tertiary/aromatic N) is 1. The largest absolute Gasteiger partial charge is 0.409 e. The summed E-state index contributed by atoms with van der Waals surface area (Å²) in [5, 5.41) is 0. The number of halogens is 4. The molecule has 0 saturated heterocycles. The van der Waals surface area contributed by atoms with Gasteiger partial charge in [-0.1, -0.05) is 19.1 Å². The average Bonchev–Trinajstić information content (AvgIpc) is 3.01. The third kappa shape index (κ3) is 4.85. The Bertz CT molecular complexity index is 908. The van der Waals surface area contributed by atoms with Crippen LogP contribution in [0.2, 0.25) is 0 Å². The van der Waals surface area contributed by atoms with Gasteiger partial charge in [0.05, 0.1) is 6.42 Å². The lowest BCUT2D eigenvalue weighted by molar-refractivity contribution is -0.173. The van der Waals surface area contributed by atoms with Crippen molar-refractivity contribution in [3.8, 4) is 0 Å². The normalized spacial score (nSPS) is 13.7. The molecular formula is C16H16F4N2O3S2. The quantitative estimate of drug-likeness (QED) is 0.693. The highest BCUT2D eigenvalue weighted by Crippen LogP contribution is 2.41. The lowest BCUT2D eigenvalue weighted by Crippen LogP contribution is -2.42. The Morgan fingerprint density at radius 3 is 2.26 bits per heavy atom. The molecule has 1 atom stereocenters. The topological polar surface area (TPSA) is 80.5 Å². The van der Waals surface area contributed by atoms with Crippen molar-refractivity contribution < 1.29 is 30.8 Å². The summed E-state index contributed by atoms with van der Waals surface area (Å²) in [6.07, 6.45) is -5.14. The fraction of sp³-hybridized carbons (Fsp3) is 0.312. The fourth-order valence-corrected chi connectivity index (χ4v) is 5.64. The van der Waals surface area contributed by atoms with Crippen LogP contribution in [0, 0.1) is 5.82 Å². The van der Waals surface area contributed by atoms with E-state index in [4.69, 9.17) is 5.73 Å². The molecule has 148 valence electrons. The second-order valence-electron chi connectivity index (χ2n) is 5.57. The smallest absolute Gasteiger partial charge is 0.369 e. The number of amides is 1. The van der Waals surface area contributed by atoms with E-state index in [0.29, 0.717) is 20.5 Å². The summed E-state index contributed by atoms with van der Waals surface area (Å²) >= 11 is 0.680. The van der Waals surface area contributed by atoms with E-state index in [1.807, 2.05) is 0 Å². The van der Waals surface area contributed by atoms with Gasteiger partial charge in [0.25, 0.3) is 10.0 Å². The molecule has 11 heteroatoms. The molecule has 2 aromatic rings. The number of thiophene rings is 1. The van der Waals surface area contributed by atoms with Gasteiger partial charge >= 0.3 is 6.18 Å². The Morgan fingerprint density at radius 2 is 1.78 bits per heavy atom. The second-order valence-corrected chi connectivity index (χ2v) is 8.85. The Kier molecular flexibility index (Phi) is 6.28. The van der Waals surface area contributed by atoms with Gasteiger partial charge in [-0.05, 0) is 29.8 Å². The monoisotopic (exact) mass is 424 g/mol. The molecule has 0 aliphatic heterocycles. The minimum absolute atomic E-state index is 0.215. The molecule has 2 N–H and O–H groups in total. The molecule has 5 nitrogen and oxygen atoms in total. The molecule has 1 aromatic heterocycles. The van der Waals surface area contributed by atoms with Gasteiger partial charge < -0.3 is 5.73 Å². The van der Waals surface area contributed by atoms with Gasteiger partial charge in [0.2, 0.25) is 5.91 Å². The summed E-state index contributed by atoms with van der Waals surface area (Å²) in [5.74, 6) is -1.42. The van der Waals surface area contributed by atoms with Crippen LogP contribution in [0.5, 0.6) is 0 Å². The van der Waals surface area contributed by atoms with E-state index in [1.165, 1.54) is 13.0 Å². The van der Waals surface area contributed by atoms with Gasteiger partial charge in [0.15, 0.2) is 0 Å². The number of hydrogen-bond acceptors (Lipinski definition) is 4. The predicted molar refractivity (Wildman–Crippen MR) is 92.0 cm³/mol. The van der Waals surface area contributed by atoms with Crippen molar-refractivity contribution in [2.45, 2.75) is 29.8 Å². The van der Waals surface area contributed by atoms with Gasteiger partial charge in [-0.2, -0.15) is 17.5 Å². The SMILES string of the molecule is CCN(C(c1ccc(F)cc1)C(F)(F)F)S(=O)(=O)c1ccc(CC(N)=O)s1. The first-order valence-corrected chi connectivity index (χ1v) is 9.93. The molecule has 0 aliphatic rings. The van der Waals surface area contributed by atoms with Crippen LogP contribution in [-0.4, -0.2) is 31.4 Å². The van der Waals surface area contributed by atoms with E-state index in [2.05, 4.69) is 0 Å². The van der Waals surface area contributed by atoms with Crippen LogP contribution >= 0.6 is 11.3 Å². The van der Waals surface area contributed by atoms with Crippen molar-refractivity contribution >= 4 is 27.3 Å². The Hall–Kier alpha value is -1.98. The first-order valence-electron chi connectivity index (χ1n) is 7.68. The van der Waals surface area contributed by atoms with Crippen molar-refractivity contribution in [2.75, 3.05) is 6.54 Å². The third-order valence-electron chi connectivity index (χ3n) is 3.64. The summed E-state index contributed by atoms with van der Waals surface area (Å²) < 4.78 is 79.9. The number of primary amides is 1. The molecular weight excluding hydrogens is 408 g/mol. The van der Waals surface area contributed by atoms with Crippen molar-refractivity contribution in [2.24, 2.45) is 5.73 Å². The van der Waals surface area contributed by atoms with Crippen molar-refractivity contribution in [1.82, 2.24) is 4.31 Å². The highest BCUT2D eigenvalue weighted by atomic mass is 32.2. The molecule has 0 aliphatic carbocycles. The van der Waals surface area contributed by atoms with Crippen LogP contribution in [0.15, 0.2) is 40.6 Å². The number of carbonyl (C=O) groups excluding carboxylic acids is 1. The molecule has 0 saturated carbocycles. The molecule has 0 fully saturated rings. The number of hydrogen-bond donors (Lipinski definition) is 1. The standard InChI is InChI=1S/C16H16F4N2O3S2/c1-2-22(15(16(18,19)20)10-3-5-11(17)6-4-10)27(24,25)14-8-7-12(26-14)9-13(21)23/h3-8,15H,2,9H2,1H3,(H2,21,23). The lowest BCUT2D eigenvalue weighted by Gasteiger charge is -2.31. The second kappa shape index (κ2) is 7.95. The third-order valence-corrected chi connectivity index (χ3v) is 7.14. The van der Waals surface area contributed by atoms with Crippen LogP contribution in [0.3, 0.4) is 0 Å². The van der Waals surface area contributed by atoms with E-state index >= 15 is 0 Å². The van der Waals surface area contributed by atoms with Crippen LogP contribution in [0.1, 0.15) is 23.4 Å². The molecule has 1 unspecified atom stereocenters. The van der Waals surface area contributed by atoms with E-state index in [9.17, 15) is 30.8 Å². The molecule has 1 amide bonds. The highest BCUT2D eigenvalue weighted by molar-refractivity contribution is 7.91. The predicted octanol–water partition coefficient (Wildman–Crippen LogP) is 3.23. The average molecular weight is 424 g/mol. The Morgan fingerprint density at radius 1 is 1.19 bits per heavy atom. The number of rotatable bonds is 7. The molecule has 0 spiro atoms. The van der Waals surface area contributed by atoms with Crippen molar-refractivity contribution in [3.05, 3.63) is 52.7 Å². The zero-order chi connectivity index (χ0) is 20.4. The van der Waals surface area contributed by atoms with Crippen molar-refractivity contribution in [3.63, 3.8) is 0 Å². The maximum absolute atomic E-state index is 13.7. The zero-order valence-corrected chi connectivity index (χ0v) is 15.7. The van der Waals surface area contributed by atoms with Crippen LogP contribution in [0.25, 0.3) is 0 Å². The maximum Gasteiger partial charge on any atom is 0.409 e. The van der Waals surface area contributed by atoms with Gasteiger partial charge in [0, 0.05) is 11.4 Å². The number of benzene rings is 1. The van der Waals surface area contributed by atoms with Gasteiger partial charge in [-0.15, -0.1) is 11.3 Å². The number of alkyl halides is 3. The van der Waals surface area contributed by atoms with Crippen LogP contribution in [0.4, 0.5) is 17.6 Å². The summed E-state index contributed by atoms with van der Waals surface area (Å²) in [6, 6.07) is 3.47. The first kappa shape index (κ1) is 21.3. The van der Waals surface area contributed by atoms with Crippen molar-refractivity contribution in [1.29, 1.82) is 0 Å². The van der Waals surface area contributed by atoms with Crippen LogP contribution < -0.4 is 5.73 Å². The fourth-order valence-electron chi connectivity index (χ4n) is 2.53. The molecule has 0 radical (unpaired) electrons. The van der Waals surface area contributed by atoms with Crippen LogP contribution in [-0.2, 0) is 21.2 Å².